The predicted molar refractivity (Wildman–Crippen MR) is 89.9 cm³/mol. The maximum atomic E-state index is 12.7. The van der Waals surface area contributed by atoms with Crippen LogP contribution >= 0.6 is 0 Å². The van der Waals surface area contributed by atoms with Crippen molar-refractivity contribution in [3.8, 4) is 0 Å². The molecule has 1 aromatic carbocycles. The SMILES string of the molecule is CC1(C)CCCNC1CNC(=O)C1CCCc2ccccc21. The van der Waals surface area contributed by atoms with Gasteiger partial charge in [0.2, 0.25) is 5.91 Å². The van der Waals surface area contributed by atoms with Crippen molar-refractivity contribution in [2.24, 2.45) is 5.41 Å². The third-order valence-electron chi connectivity index (χ3n) is 5.50. The Morgan fingerprint density at radius 1 is 1.32 bits per heavy atom. The van der Waals surface area contributed by atoms with Gasteiger partial charge in [-0.25, -0.2) is 0 Å². The number of rotatable bonds is 3. The maximum Gasteiger partial charge on any atom is 0.227 e. The van der Waals surface area contributed by atoms with Crippen molar-refractivity contribution in [2.75, 3.05) is 13.1 Å². The quantitative estimate of drug-likeness (QED) is 0.901. The molecule has 120 valence electrons. The summed E-state index contributed by atoms with van der Waals surface area (Å²) in [7, 11) is 0. The summed E-state index contributed by atoms with van der Waals surface area (Å²) < 4.78 is 0. The third kappa shape index (κ3) is 3.19. The number of aryl methyl sites for hydroxylation is 1. The average Bonchev–Trinajstić information content (AvgIpc) is 2.52. The lowest BCUT2D eigenvalue weighted by molar-refractivity contribution is -0.123. The zero-order valence-corrected chi connectivity index (χ0v) is 13.8. The van der Waals surface area contributed by atoms with Crippen molar-refractivity contribution in [1.29, 1.82) is 0 Å². The number of carbonyl (C=O) groups excluding carboxylic acids is 1. The normalized spacial score (nSPS) is 27.0. The van der Waals surface area contributed by atoms with Gasteiger partial charge in [0.1, 0.15) is 0 Å². The van der Waals surface area contributed by atoms with Crippen molar-refractivity contribution in [3.05, 3.63) is 35.4 Å². The Morgan fingerprint density at radius 3 is 2.95 bits per heavy atom. The van der Waals surface area contributed by atoms with Crippen LogP contribution in [-0.2, 0) is 11.2 Å². The summed E-state index contributed by atoms with van der Waals surface area (Å²) >= 11 is 0. The summed E-state index contributed by atoms with van der Waals surface area (Å²) in [5, 5.41) is 6.79. The van der Waals surface area contributed by atoms with Gasteiger partial charge in [-0.3, -0.25) is 4.79 Å². The summed E-state index contributed by atoms with van der Waals surface area (Å²) in [6, 6.07) is 8.80. The van der Waals surface area contributed by atoms with Crippen LogP contribution in [0.3, 0.4) is 0 Å². The monoisotopic (exact) mass is 300 g/mol. The lowest BCUT2D eigenvalue weighted by Gasteiger charge is -2.39. The van der Waals surface area contributed by atoms with Crippen molar-refractivity contribution in [3.63, 3.8) is 0 Å². The van der Waals surface area contributed by atoms with Crippen molar-refractivity contribution in [2.45, 2.75) is 57.9 Å². The Morgan fingerprint density at radius 2 is 2.14 bits per heavy atom. The maximum absolute atomic E-state index is 12.7. The van der Waals surface area contributed by atoms with Crippen LogP contribution in [0.4, 0.5) is 0 Å². The van der Waals surface area contributed by atoms with Crippen LogP contribution in [0.5, 0.6) is 0 Å². The summed E-state index contributed by atoms with van der Waals surface area (Å²) in [6.45, 7) is 6.40. The first-order valence-electron chi connectivity index (χ1n) is 8.67. The number of hydrogen-bond acceptors (Lipinski definition) is 2. The van der Waals surface area contributed by atoms with Crippen molar-refractivity contribution >= 4 is 5.91 Å². The molecule has 2 atom stereocenters. The molecule has 22 heavy (non-hydrogen) atoms. The molecule has 2 N–H and O–H groups in total. The fourth-order valence-corrected chi connectivity index (χ4v) is 3.97. The fourth-order valence-electron chi connectivity index (χ4n) is 3.97. The second-order valence-electron chi connectivity index (χ2n) is 7.49. The van der Waals surface area contributed by atoms with Gasteiger partial charge in [-0.1, -0.05) is 38.1 Å². The second-order valence-corrected chi connectivity index (χ2v) is 7.49. The van der Waals surface area contributed by atoms with Crippen molar-refractivity contribution < 1.29 is 4.79 Å². The van der Waals surface area contributed by atoms with Gasteiger partial charge in [-0.15, -0.1) is 0 Å². The molecule has 1 fully saturated rings. The smallest absolute Gasteiger partial charge is 0.227 e. The van der Waals surface area contributed by atoms with Gasteiger partial charge in [-0.05, 0) is 55.2 Å². The van der Waals surface area contributed by atoms with Crippen LogP contribution < -0.4 is 10.6 Å². The number of fused-ring (bicyclic) bond motifs is 1. The minimum Gasteiger partial charge on any atom is -0.354 e. The number of nitrogens with one attached hydrogen (secondary N) is 2. The van der Waals surface area contributed by atoms with E-state index in [0.29, 0.717) is 6.04 Å². The Labute approximate surface area is 133 Å². The molecule has 2 unspecified atom stereocenters. The van der Waals surface area contributed by atoms with Gasteiger partial charge < -0.3 is 10.6 Å². The van der Waals surface area contributed by atoms with E-state index in [4.69, 9.17) is 0 Å². The Kier molecular flexibility index (Phi) is 4.53. The zero-order valence-electron chi connectivity index (χ0n) is 13.8. The standard InChI is InChI=1S/C19H28N2O/c1-19(2)11-6-12-20-17(19)13-21-18(22)16-10-5-8-14-7-3-4-9-15(14)16/h3-4,7,9,16-17,20H,5-6,8,10-13H2,1-2H3,(H,21,22). The highest BCUT2D eigenvalue weighted by molar-refractivity contribution is 5.84. The topological polar surface area (TPSA) is 41.1 Å². The molecule has 0 bridgehead atoms. The molecule has 1 saturated heterocycles. The molecule has 0 saturated carbocycles. The molecule has 1 amide bonds. The third-order valence-corrected chi connectivity index (χ3v) is 5.50. The van der Waals surface area contributed by atoms with E-state index >= 15 is 0 Å². The number of piperidine rings is 1. The highest BCUT2D eigenvalue weighted by atomic mass is 16.1. The highest BCUT2D eigenvalue weighted by Crippen LogP contribution is 2.32. The van der Waals surface area contributed by atoms with Gasteiger partial charge in [0.05, 0.1) is 5.92 Å². The largest absolute Gasteiger partial charge is 0.354 e. The van der Waals surface area contributed by atoms with Gasteiger partial charge in [0.25, 0.3) is 0 Å². The Hall–Kier alpha value is -1.35. The van der Waals surface area contributed by atoms with Gasteiger partial charge in [-0.2, -0.15) is 0 Å². The van der Waals surface area contributed by atoms with Gasteiger partial charge >= 0.3 is 0 Å². The molecule has 0 spiro atoms. The molecule has 0 radical (unpaired) electrons. The molecule has 0 aromatic heterocycles. The molecule has 2 aliphatic rings. The van der Waals surface area contributed by atoms with Gasteiger partial charge in [0.15, 0.2) is 0 Å². The summed E-state index contributed by atoms with van der Waals surface area (Å²) in [5.74, 6) is 0.243. The van der Waals surface area contributed by atoms with Gasteiger partial charge in [0, 0.05) is 12.6 Å². The Bertz CT molecular complexity index is 538. The van der Waals surface area contributed by atoms with Crippen LogP contribution in [0.15, 0.2) is 24.3 Å². The van der Waals surface area contributed by atoms with E-state index in [2.05, 4.69) is 48.7 Å². The molecular formula is C19H28N2O. The lowest BCUT2D eigenvalue weighted by atomic mass is 9.77. The van der Waals surface area contributed by atoms with Crippen LogP contribution in [0.2, 0.25) is 0 Å². The first-order chi connectivity index (χ1) is 10.6. The minimum atomic E-state index is 0.0386. The zero-order chi connectivity index (χ0) is 15.6. The van der Waals surface area contributed by atoms with E-state index in [1.165, 1.54) is 24.0 Å². The molecule has 1 aliphatic carbocycles. The fraction of sp³-hybridized carbons (Fsp3) is 0.632. The second kappa shape index (κ2) is 6.41. The van der Waals surface area contributed by atoms with E-state index in [0.717, 1.165) is 32.4 Å². The summed E-state index contributed by atoms with van der Waals surface area (Å²) in [4.78, 5) is 12.7. The molecule has 3 heteroatoms. The predicted octanol–water partition coefficient (Wildman–Crippen LogP) is 3.00. The number of benzene rings is 1. The van der Waals surface area contributed by atoms with E-state index in [1.807, 2.05) is 0 Å². The number of hydrogen-bond donors (Lipinski definition) is 2. The molecule has 1 aliphatic heterocycles. The Balaban J connectivity index is 1.63. The van der Waals surface area contributed by atoms with Crippen LogP contribution in [-0.4, -0.2) is 25.0 Å². The first kappa shape index (κ1) is 15.5. The molecule has 3 rings (SSSR count). The van der Waals surface area contributed by atoms with E-state index in [-0.39, 0.29) is 17.2 Å². The van der Waals surface area contributed by atoms with E-state index in [1.54, 1.807) is 0 Å². The molecular weight excluding hydrogens is 272 g/mol. The van der Waals surface area contributed by atoms with Crippen LogP contribution in [0, 0.1) is 5.41 Å². The van der Waals surface area contributed by atoms with Crippen LogP contribution in [0.1, 0.15) is 56.6 Å². The number of carbonyl (C=O) groups is 1. The first-order valence-corrected chi connectivity index (χ1v) is 8.67. The summed E-state index contributed by atoms with van der Waals surface area (Å²) in [5.41, 5.74) is 2.85. The highest BCUT2D eigenvalue weighted by Gasteiger charge is 2.33. The molecule has 3 nitrogen and oxygen atoms in total. The minimum absolute atomic E-state index is 0.0386. The van der Waals surface area contributed by atoms with Crippen molar-refractivity contribution in [1.82, 2.24) is 10.6 Å². The van der Waals surface area contributed by atoms with E-state index < -0.39 is 0 Å². The van der Waals surface area contributed by atoms with E-state index in [9.17, 15) is 4.79 Å². The molecule has 1 heterocycles. The summed E-state index contributed by atoms with van der Waals surface area (Å²) in [6.07, 6.45) is 5.66. The molecule has 1 aromatic rings. The number of amides is 1. The average molecular weight is 300 g/mol. The van der Waals surface area contributed by atoms with Crippen LogP contribution in [0.25, 0.3) is 0 Å². The lowest BCUT2D eigenvalue weighted by Crippen LogP contribution is -2.53.